The van der Waals surface area contributed by atoms with Crippen molar-refractivity contribution in [2.45, 2.75) is 44.3 Å². The van der Waals surface area contributed by atoms with E-state index in [0.717, 1.165) is 0 Å². The van der Waals surface area contributed by atoms with Crippen molar-refractivity contribution in [3.63, 3.8) is 0 Å². The molecule has 0 radical (unpaired) electrons. The van der Waals surface area contributed by atoms with Crippen LogP contribution in [-0.2, 0) is 19.9 Å². The minimum atomic E-state index is -1.91. The van der Waals surface area contributed by atoms with Crippen LogP contribution in [0.1, 0.15) is 52.7 Å². The maximum Gasteiger partial charge on any atom is 0.180 e. The molecule has 0 aromatic heterocycles. The van der Waals surface area contributed by atoms with Crippen molar-refractivity contribution in [2.75, 3.05) is 14.2 Å². The fourth-order valence-corrected chi connectivity index (χ4v) is 7.55. The summed E-state index contributed by atoms with van der Waals surface area (Å²) in [6.07, 6.45) is -0.240. The van der Waals surface area contributed by atoms with Crippen LogP contribution in [0.5, 0.6) is 17.2 Å². The maximum atomic E-state index is 15.1. The number of phenols is 1. The van der Waals surface area contributed by atoms with Gasteiger partial charge in [-0.3, -0.25) is 14.4 Å². The van der Waals surface area contributed by atoms with Gasteiger partial charge in [-0.05, 0) is 25.8 Å². The van der Waals surface area contributed by atoms with Gasteiger partial charge in [0, 0.05) is 41.2 Å². The summed E-state index contributed by atoms with van der Waals surface area (Å²) in [5.74, 6) is -1.94. The standard InChI is InChI=1S/C34H32O8/c1-19-23(36)17-24-27(29(19)41-4)28-30(38)34(42-24,21-13-9-6-10-14-21)32(2)25(37)18-26(40-3)33(28,31(32)39)16-15-22(35)20-11-7-5-8-12-20/h5-14,17-18,28,30,36,38H,15-16H2,1-4H3/t28-,30-,32+,33+,34+/m0/s1. The Morgan fingerprint density at radius 1 is 1.00 bits per heavy atom. The summed E-state index contributed by atoms with van der Waals surface area (Å²) >= 11 is 0. The Labute approximate surface area is 243 Å². The Morgan fingerprint density at radius 2 is 1.64 bits per heavy atom. The van der Waals surface area contributed by atoms with E-state index in [1.165, 1.54) is 33.3 Å². The quantitative estimate of drug-likeness (QED) is 0.308. The molecule has 3 aromatic carbocycles. The molecule has 0 saturated heterocycles. The third kappa shape index (κ3) is 3.30. The molecule has 1 saturated carbocycles. The van der Waals surface area contributed by atoms with Crippen LogP contribution in [0.4, 0.5) is 0 Å². The lowest BCUT2D eigenvalue weighted by atomic mass is 9.41. The number of ether oxygens (including phenoxy) is 3. The first-order chi connectivity index (χ1) is 20.1. The van der Waals surface area contributed by atoms with Crippen LogP contribution in [0.3, 0.4) is 0 Å². The number of carbonyl (C=O) groups excluding carboxylic acids is 3. The topological polar surface area (TPSA) is 119 Å². The normalized spacial score (nSPS) is 29.2. The Hall–Kier alpha value is -4.43. The molecule has 0 unspecified atom stereocenters. The fraction of sp³-hybridized carbons (Fsp3) is 0.324. The summed E-state index contributed by atoms with van der Waals surface area (Å²) in [6.45, 7) is 3.16. The number of aromatic hydroxyl groups is 1. The van der Waals surface area contributed by atoms with Crippen molar-refractivity contribution in [3.05, 3.63) is 101 Å². The average Bonchev–Trinajstić information content (AvgIpc) is 3.01. The molecule has 0 amide bonds. The lowest BCUT2D eigenvalue weighted by Crippen LogP contribution is -2.76. The van der Waals surface area contributed by atoms with Gasteiger partial charge in [0.15, 0.2) is 23.0 Å². The molecule has 6 rings (SSSR count). The van der Waals surface area contributed by atoms with Crippen LogP contribution in [0.2, 0.25) is 0 Å². The molecule has 0 spiro atoms. The van der Waals surface area contributed by atoms with E-state index in [1.54, 1.807) is 61.5 Å². The number of aliphatic hydroxyl groups is 1. The molecular formula is C34H32O8. The van der Waals surface area contributed by atoms with Crippen molar-refractivity contribution >= 4 is 17.3 Å². The molecule has 1 fully saturated rings. The van der Waals surface area contributed by atoms with Crippen LogP contribution in [0.25, 0.3) is 0 Å². The molecule has 42 heavy (non-hydrogen) atoms. The van der Waals surface area contributed by atoms with E-state index in [4.69, 9.17) is 14.2 Å². The molecule has 8 nitrogen and oxygen atoms in total. The second-order valence-electron chi connectivity index (χ2n) is 11.4. The number of phenolic OH excluding ortho intramolecular Hbond substituents is 1. The second-order valence-corrected chi connectivity index (χ2v) is 11.4. The van der Waals surface area contributed by atoms with Gasteiger partial charge in [-0.25, -0.2) is 0 Å². The van der Waals surface area contributed by atoms with Crippen molar-refractivity contribution in [2.24, 2.45) is 10.8 Å². The van der Waals surface area contributed by atoms with E-state index >= 15 is 4.79 Å². The van der Waals surface area contributed by atoms with Crippen molar-refractivity contribution < 1.29 is 38.8 Å². The number of rotatable bonds is 7. The number of carbonyl (C=O) groups is 3. The summed E-state index contributed by atoms with van der Waals surface area (Å²) in [7, 11) is 2.81. The molecule has 1 aliphatic heterocycles. The minimum absolute atomic E-state index is 0.0444. The van der Waals surface area contributed by atoms with E-state index in [0.29, 0.717) is 22.3 Å². The first-order valence-electron chi connectivity index (χ1n) is 13.9. The van der Waals surface area contributed by atoms with Gasteiger partial charge in [0.25, 0.3) is 0 Å². The highest BCUT2D eigenvalue weighted by Crippen LogP contribution is 2.71. The van der Waals surface area contributed by atoms with Crippen LogP contribution < -0.4 is 9.47 Å². The third-order valence-corrected chi connectivity index (χ3v) is 9.61. The Bertz CT molecular complexity index is 1640. The predicted octanol–water partition coefficient (Wildman–Crippen LogP) is 4.79. The van der Waals surface area contributed by atoms with Gasteiger partial charge in [0.05, 0.1) is 19.6 Å². The molecular weight excluding hydrogens is 536 g/mol. The lowest BCUT2D eigenvalue weighted by molar-refractivity contribution is -0.215. The number of benzene rings is 3. The van der Waals surface area contributed by atoms with Gasteiger partial charge in [0.2, 0.25) is 0 Å². The van der Waals surface area contributed by atoms with Crippen molar-refractivity contribution in [3.8, 4) is 17.2 Å². The largest absolute Gasteiger partial charge is 0.507 e. The van der Waals surface area contributed by atoms with Gasteiger partial charge in [-0.2, -0.15) is 0 Å². The number of hydrogen-bond acceptors (Lipinski definition) is 8. The van der Waals surface area contributed by atoms with E-state index in [-0.39, 0.29) is 41.6 Å². The molecule has 2 N–H and O–H groups in total. The SMILES string of the molecule is COC1=CC(=O)[C@]2(C)C(=O)[C@@]1(CCC(=O)c1ccccc1)[C@H]1c3c(cc(O)c(C)c3OC)O[C@]2(c2ccccc2)[C@H]1O. The maximum absolute atomic E-state index is 15.1. The van der Waals surface area contributed by atoms with Gasteiger partial charge < -0.3 is 24.4 Å². The molecule has 3 aromatic rings. The number of aliphatic hydroxyl groups excluding tert-OH is 1. The number of fused-ring (bicyclic) bond motifs is 8. The number of ketones is 3. The number of methoxy groups -OCH3 is 2. The first kappa shape index (κ1) is 27.7. The van der Waals surface area contributed by atoms with Gasteiger partial charge in [-0.15, -0.1) is 0 Å². The van der Waals surface area contributed by atoms with Crippen LogP contribution in [0.15, 0.2) is 78.6 Å². The van der Waals surface area contributed by atoms with Gasteiger partial charge in [-0.1, -0.05) is 60.7 Å². The molecule has 4 bridgehead atoms. The fourth-order valence-electron chi connectivity index (χ4n) is 7.55. The average molecular weight is 569 g/mol. The molecule has 8 heteroatoms. The highest BCUT2D eigenvalue weighted by Gasteiger charge is 2.80. The summed E-state index contributed by atoms with van der Waals surface area (Å²) in [6, 6.07) is 18.9. The van der Waals surface area contributed by atoms with E-state index in [9.17, 15) is 19.8 Å². The van der Waals surface area contributed by atoms with E-state index < -0.39 is 40.0 Å². The summed E-state index contributed by atoms with van der Waals surface area (Å²) in [5, 5.41) is 23.4. The molecule has 5 atom stereocenters. The summed E-state index contributed by atoms with van der Waals surface area (Å²) in [4.78, 5) is 42.6. The number of allylic oxidation sites excluding steroid dienone is 2. The lowest BCUT2D eigenvalue weighted by Gasteiger charge is -2.64. The van der Waals surface area contributed by atoms with E-state index in [1.807, 2.05) is 6.07 Å². The van der Waals surface area contributed by atoms with E-state index in [2.05, 4.69) is 0 Å². The second kappa shape index (κ2) is 9.56. The highest BCUT2D eigenvalue weighted by molar-refractivity contribution is 6.20. The third-order valence-electron chi connectivity index (χ3n) is 9.61. The molecule has 1 heterocycles. The highest BCUT2D eigenvalue weighted by atomic mass is 16.5. The Balaban J connectivity index is 1.68. The number of Topliss-reactive ketones (excluding diaryl/α,β-unsaturated/α-hetero) is 2. The van der Waals surface area contributed by atoms with Crippen molar-refractivity contribution in [1.82, 2.24) is 0 Å². The predicted molar refractivity (Wildman–Crippen MR) is 153 cm³/mol. The van der Waals surface area contributed by atoms with Gasteiger partial charge >= 0.3 is 0 Å². The summed E-state index contributed by atoms with van der Waals surface area (Å²) < 4.78 is 18.2. The van der Waals surface area contributed by atoms with Gasteiger partial charge in [0.1, 0.15) is 34.5 Å². The first-order valence-corrected chi connectivity index (χ1v) is 13.9. The zero-order valence-electron chi connectivity index (χ0n) is 23.8. The molecule has 216 valence electrons. The van der Waals surface area contributed by atoms with Crippen LogP contribution in [-0.4, -0.2) is 47.9 Å². The van der Waals surface area contributed by atoms with Crippen LogP contribution in [0, 0.1) is 17.8 Å². The Kier molecular flexibility index (Phi) is 6.31. The summed E-state index contributed by atoms with van der Waals surface area (Å²) in [5.41, 5.74) is -3.71. The zero-order valence-corrected chi connectivity index (χ0v) is 23.8. The monoisotopic (exact) mass is 568 g/mol. The zero-order chi connectivity index (χ0) is 30.0. The Morgan fingerprint density at radius 3 is 2.26 bits per heavy atom. The molecule has 3 aliphatic rings. The van der Waals surface area contributed by atoms with Crippen molar-refractivity contribution in [1.29, 1.82) is 0 Å². The molecule has 2 aliphatic carbocycles. The van der Waals surface area contributed by atoms with Crippen LogP contribution >= 0.6 is 0 Å². The number of hydrogen-bond donors (Lipinski definition) is 2. The smallest absolute Gasteiger partial charge is 0.180 e. The minimum Gasteiger partial charge on any atom is -0.507 e.